The fraction of sp³-hybridized carbons (Fsp3) is 0.300. The number of benzene rings is 1. The molecule has 0 bridgehead atoms. The average molecular weight is 198 g/mol. The lowest BCUT2D eigenvalue weighted by Gasteiger charge is -2.24. The Morgan fingerprint density at radius 3 is 2.79 bits per heavy atom. The van der Waals surface area contributed by atoms with E-state index in [1.165, 1.54) is 6.07 Å². The first-order chi connectivity index (χ1) is 6.68. The minimum Gasteiger partial charge on any atom is -0.483 e. The van der Waals surface area contributed by atoms with Gasteiger partial charge in [-0.15, -0.1) is 0 Å². The van der Waals surface area contributed by atoms with Gasteiger partial charge >= 0.3 is 0 Å². The van der Waals surface area contributed by atoms with Gasteiger partial charge in [-0.25, -0.2) is 8.78 Å². The van der Waals surface area contributed by atoms with Crippen LogP contribution >= 0.6 is 0 Å². The number of para-hydroxylation sites is 1. The number of hydrogen-bond donors (Lipinski definition) is 0. The number of ether oxygens (including phenoxy) is 1. The maximum atomic E-state index is 12.3. The van der Waals surface area contributed by atoms with Crippen LogP contribution in [0.3, 0.4) is 0 Å². The zero-order valence-electron chi connectivity index (χ0n) is 7.24. The third-order valence-electron chi connectivity index (χ3n) is 2.13. The molecule has 4 heteroatoms. The first kappa shape index (κ1) is 9.12. The van der Waals surface area contributed by atoms with Crippen molar-refractivity contribution < 1.29 is 18.3 Å². The predicted octanol–water partition coefficient (Wildman–Crippen LogP) is 2.29. The van der Waals surface area contributed by atoms with Crippen molar-refractivity contribution in [1.29, 1.82) is 0 Å². The summed E-state index contributed by atoms with van der Waals surface area (Å²) in [6, 6.07) is 6.45. The molecule has 2 rings (SSSR count). The number of Topliss-reactive ketones (excluding diaryl/α,β-unsaturated/α-hetero) is 1. The number of alkyl halides is 2. The molecule has 1 aliphatic heterocycles. The summed E-state index contributed by atoms with van der Waals surface area (Å²) < 4.78 is 29.6. The molecule has 1 aromatic carbocycles. The summed E-state index contributed by atoms with van der Waals surface area (Å²) in [5, 5.41) is 0. The molecule has 74 valence electrons. The molecule has 14 heavy (non-hydrogen) atoms. The Balaban J connectivity index is 2.33. The first-order valence-corrected chi connectivity index (χ1v) is 4.25. The molecule has 2 nitrogen and oxygen atoms in total. The smallest absolute Gasteiger partial charge is 0.275 e. The second kappa shape index (κ2) is 3.36. The lowest BCUT2D eigenvalue weighted by molar-refractivity contribution is 0.00308. The molecule has 0 aromatic heterocycles. The van der Waals surface area contributed by atoms with Gasteiger partial charge in [0.2, 0.25) is 0 Å². The third kappa shape index (κ3) is 1.47. The van der Waals surface area contributed by atoms with Gasteiger partial charge in [-0.05, 0) is 12.1 Å². The van der Waals surface area contributed by atoms with Gasteiger partial charge in [0.05, 0.1) is 12.0 Å². The Hall–Kier alpha value is -1.45. The molecular formula is C10H8F2O2. The second-order valence-electron chi connectivity index (χ2n) is 3.11. The van der Waals surface area contributed by atoms with E-state index in [2.05, 4.69) is 0 Å². The number of carbonyl (C=O) groups is 1. The quantitative estimate of drug-likeness (QED) is 0.692. The molecule has 0 radical (unpaired) electrons. The van der Waals surface area contributed by atoms with Crippen molar-refractivity contribution in [2.45, 2.75) is 19.0 Å². The lowest BCUT2D eigenvalue weighted by atomic mass is 10.0. The van der Waals surface area contributed by atoms with Crippen LogP contribution < -0.4 is 4.74 Å². The van der Waals surface area contributed by atoms with E-state index in [9.17, 15) is 13.6 Å². The summed E-state index contributed by atoms with van der Waals surface area (Å²) in [7, 11) is 0. The largest absolute Gasteiger partial charge is 0.483 e. The van der Waals surface area contributed by atoms with Crippen LogP contribution in [0.1, 0.15) is 16.8 Å². The van der Waals surface area contributed by atoms with Crippen LogP contribution in [0.2, 0.25) is 0 Å². The van der Waals surface area contributed by atoms with E-state index in [0.717, 1.165) is 0 Å². The monoisotopic (exact) mass is 198 g/mol. The Morgan fingerprint density at radius 2 is 2.07 bits per heavy atom. The van der Waals surface area contributed by atoms with Crippen LogP contribution in [-0.4, -0.2) is 18.3 Å². The topological polar surface area (TPSA) is 26.3 Å². The summed E-state index contributed by atoms with van der Waals surface area (Å²) in [5.41, 5.74) is 0.393. The Morgan fingerprint density at radius 1 is 1.36 bits per heavy atom. The summed E-state index contributed by atoms with van der Waals surface area (Å²) in [6.45, 7) is 0. The zero-order chi connectivity index (χ0) is 10.1. The van der Waals surface area contributed by atoms with E-state index in [0.29, 0.717) is 5.56 Å². The van der Waals surface area contributed by atoms with Crippen molar-refractivity contribution in [3.05, 3.63) is 29.8 Å². The van der Waals surface area contributed by atoms with Gasteiger partial charge in [-0.2, -0.15) is 0 Å². The summed E-state index contributed by atoms with van der Waals surface area (Å²) >= 11 is 0. The highest BCUT2D eigenvalue weighted by molar-refractivity contribution is 5.99. The van der Waals surface area contributed by atoms with E-state index in [1.54, 1.807) is 18.2 Å². The van der Waals surface area contributed by atoms with Crippen LogP contribution in [0.15, 0.2) is 24.3 Å². The number of halogens is 2. The lowest BCUT2D eigenvalue weighted by Crippen LogP contribution is -2.32. The van der Waals surface area contributed by atoms with Crippen molar-refractivity contribution in [2.24, 2.45) is 0 Å². The van der Waals surface area contributed by atoms with Gasteiger partial charge in [0, 0.05) is 0 Å². The molecule has 0 saturated carbocycles. The molecule has 1 aliphatic rings. The van der Waals surface area contributed by atoms with Gasteiger partial charge in [-0.3, -0.25) is 4.79 Å². The molecule has 0 fully saturated rings. The van der Waals surface area contributed by atoms with E-state index in [-0.39, 0.29) is 18.0 Å². The molecule has 0 unspecified atom stereocenters. The number of rotatable bonds is 1. The van der Waals surface area contributed by atoms with E-state index in [4.69, 9.17) is 4.74 Å². The SMILES string of the molecule is O=C1C[C@@H](C(F)F)Oc2ccccc21. The number of hydrogen-bond acceptors (Lipinski definition) is 2. The normalized spacial score (nSPS) is 20.5. The minimum absolute atomic E-state index is 0.241. The highest BCUT2D eigenvalue weighted by atomic mass is 19.3. The van der Waals surface area contributed by atoms with Crippen molar-refractivity contribution in [1.82, 2.24) is 0 Å². The van der Waals surface area contributed by atoms with Crippen LogP contribution in [0.4, 0.5) is 8.78 Å². The van der Waals surface area contributed by atoms with Crippen LogP contribution in [0.25, 0.3) is 0 Å². The molecule has 0 amide bonds. The van der Waals surface area contributed by atoms with Gasteiger partial charge in [0.1, 0.15) is 5.75 Å². The van der Waals surface area contributed by atoms with E-state index < -0.39 is 12.5 Å². The number of carbonyl (C=O) groups excluding carboxylic acids is 1. The Kier molecular flexibility index (Phi) is 2.19. The van der Waals surface area contributed by atoms with Crippen molar-refractivity contribution in [3.8, 4) is 5.75 Å². The van der Waals surface area contributed by atoms with Gasteiger partial charge < -0.3 is 4.74 Å². The third-order valence-corrected chi connectivity index (χ3v) is 2.13. The van der Waals surface area contributed by atoms with Crippen molar-refractivity contribution in [2.75, 3.05) is 0 Å². The summed E-state index contributed by atoms with van der Waals surface area (Å²) in [5.74, 6) is -0.0220. The predicted molar refractivity (Wildman–Crippen MR) is 45.8 cm³/mol. The molecule has 0 spiro atoms. The number of ketones is 1. The first-order valence-electron chi connectivity index (χ1n) is 4.25. The van der Waals surface area contributed by atoms with Crippen molar-refractivity contribution >= 4 is 5.78 Å². The molecule has 1 heterocycles. The minimum atomic E-state index is -2.62. The summed E-state index contributed by atoms with van der Waals surface area (Å²) in [4.78, 5) is 11.4. The average Bonchev–Trinajstić information content (AvgIpc) is 2.17. The number of fused-ring (bicyclic) bond motifs is 1. The highest BCUT2D eigenvalue weighted by Gasteiger charge is 2.32. The van der Waals surface area contributed by atoms with Crippen molar-refractivity contribution in [3.63, 3.8) is 0 Å². The van der Waals surface area contributed by atoms with E-state index >= 15 is 0 Å². The Bertz CT molecular complexity index is 363. The van der Waals surface area contributed by atoms with Crippen LogP contribution in [-0.2, 0) is 0 Å². The highest BCUT2D eigenvalue weighted by Crippen LogP contribution is 2.29. The van der Waals surface area contributed by atoms with Gasteiger partial charge in [0.25, 0.3) is 6.43 Å². The molecule has 0 N–H and O–H groups in total. The van der Waals surface area contributed by atoms with E-state index in [1.807, 2.05) is 0 Å². The van der Waals surface area contributed by atoms with Gasteiger partial charge in [0.15, 0.2) is 11.9 Å². The second-order valence-corrected chi connectivity index (χ2v) is 3.11. The molecular weight excluding hydrogens is 190 g/mol. The fourth-order valence-corrected chi connectivity index (χ4v) is 1.44. The fourth-order valence-electron chi connectivity index (χ4n) is 1.44. The maximum absolute atomic E-state index is 12.3. The Labute approximate surface area is 79.5 Å². The zero-order valence-corrected chi connectivity index (χ0v) is 7.24. The summed E-state index contributed by atoms with van der Waals surface area (Å²) in [6.07, 6.45) is -4.15. The standard InChI is InChI=1S/C10H8F2O2/c11-10(12)9-5-7(13)6-3-1-2-4-8(6)14-9/h1-4,9-10H,5H2/t9-/m0/s1. The van der Waals surface area contributed by atoms with Crippen LogP contribution in [0.5, 0.6) is 5.75 Å². The molecule has 0 aliphatic carbocycles. The molecule has 0 saturated heterocycles. The molecule has 1 atom stereocenters. The maximum Gasteiger partial charge on any atom is 0.275 e. The van der Waals surface area contributed by atoms with Gasteiger partial charge in [-0.1, -0.05) is 12.1 Å². The van der Waals surface area contributed by atoms with Crippen LogP contribution in [0, 0.1) is 0 Å². The molecule has 1 aromatic rings.